The van der Waals surface area contributed by atoms with Crippen LogP contribution in [-0.4, -0.2) is 39.6 Å². The number of urea groups is 1. The minimum atomic E-state index is -5.17. The number of nitrogens with zero attached hydrogens (tertiary/aromatic N) is 2. The number of hydrogen-bond donors (Lipinski definition) is 2. The Kier molecular flexibility index (Phi) is 3.69. The lowest BCUT2D eigenvalue weighted by atomic mass is 10.1. The summed E-state index contributed by atoms with van der Waals surface area (Å²) in [6.07, 6.45) is -1.47. The summed E-state index contributed by atoms with van der Waals surface area (Å²) in [6.45, 7) is -0.379. The highest BCUT2D eigenvalue weighted by atomic mass is 19.4. The molecule has 0 bridgehead atoms. The maximum Gasteiger partial charge on any atom is 0.440 e. The topological polar surface area (TPSA) is 91.4 Å². The molecular formula is C14H13F3N4O3. The van der Waals surface area contributed by atoms with Gasteiger partial charge >= 0.3 is 12.2 Å². The Morgan fingerprint density at radius 1 is 1.42 bits per heavy atom. The molecule has 3 rings (SSSR count). The number of carbonyl (C=O) groups is 3. The Balaban J connectivity index is 1.88. The van der Waals surface area contributed by atoms with Crippen molar-refractivity contribution in [3.05, 3.63) is 30.1 Å². The zero-order valence-electron chi connectivity index (χ0n) is 12.3. The summed E-state index contributed by atoms with van der Waals surface area (Å²) in [5.74, 6) is -3.01. The van der Waals surface area contributed by atoms with E-state index in [9.17, 15) is 27.6 Å². The number of hydrogen-bond acceptors (Lipinski definition) is 4. The molecule has 2 heterocycles. The quantitative estimate of drug-likeness (QED) is 0.796. The van der Waals surface area contributed by atoms with E-state index in [1.165, 1.54) is 24.5 Å². The summed E-state index contributed by atoms with van der Waals surface area (Å²) in [6, 6.07) is 1.82. The van der Waals surface area contributed by atoms with Crippen molar-refractivity contribution >= 4 is 17.8 Å². The number of carbonyl (C=O) groups excluding carboxylic acids is 3. The van der Waals surface area contributed by atoms with Crippen molar-refractivity contribution in [1.82, 2.24) is 20.5 Å². The standard InChI is InChI=1S/C14H13F3N4O3/c15-14(16,17)13(19-10(22)9-3-4-9)11(23)21(12(24)20-13)7-8-2-1-5-18-6-8/h1-2,5-6,9H,3-4,7H2,(H,19,22)(H,20,24)/t13-/m1/s1. The van der Waals surface area contributed by atoms with Gasteiger partial charge in [0.15, 0.2) is 0 Å². The average molecular weight is 342 g/mol. The van der Waals surface area contributed by atoms with Crippen LogP contribution in [0.25, 0.3) is 0 Å². The lowest BCUT2D eigenvalue weighted by Gasteiger charge is -2.29. The molecule has 0 aromatic carbocycles. The van der Waals surface area contributed by atoms with E-state index in [0.29, 0.717) is 23.3 Å². The summed E-state index contributed by atoms with van der Waals surface area (Å²) in [4.78, 5) is 40.3. The van der Waals surface area contributed by atoms with Gasteiger partial charge in [-0.15, -0.1) is 0 Å². The predicted octanol–water partition coefficient (Wildman–Crippen LogP) is 0.918. The van der Waals surface area contributed by atoms with Crippen LogP contribution < -0.4 is 10.6 Å². The van der Waals surface area contributed by atoms with Crippen LogP contribution in [0.4, 0.5) is 18.0 Å². The molecule has 128 valence electrons. The minimum Gasteiger partial charge on any atom is -0.318 e. The maximum atomic E-state index is 13.5. The van der Waals surface area contributed by atoms with Gasteiger partial charge in [-0.05, 0) is 24.5 Å². The molecule has 2 fully saturated rings. The molecule has 0 radical (unpaired) electrons. The van der Waals surface area contributed by atoms with E-state index in [4.69, 9.17) is 0 Å². The number of rotatable bonds is 4. The van der Waals surface area contributed by atoms with Crippen molar-refractivity contribution in [2.45, 2.75) is 31.2 Å². The maximum absolute atomic E-state index is 13.5. The molecule has 2 N–H and O–H groups in total. The van der Waals surface area contributed by atoms with Crippen molar-refractivity contribution in [2.75, 3.05) is 0 Å². The monoisotopic (exact) mass is 342 g/mol. The highest BCUT2D eigenvalue weighted by molar-refractivity contribution is 6.09. The fourth-order valence-electron chi connectivity index (χ4n) is 2.37. The third-order valence-electron chi connectivity index (χ3n) is 3.85. The largest absolute Gasteiger partial charge is 0.440 e. The first-order valence-corrected chi connectivity index (χ1v) is 7.16. The molecule has 7 nitrogen and oxygen atoms in total. The number of amides is 4. The average Bonchev–Trinajstić information content (AvgIpc) is 3.32. The Morgan fingerprint density at radius 3 is 2.67 bits per heavy atom. The molecule has 1 atom stereocenters. The van der Waals surface area contributed by atoms with Gasteiger partial charge < -0.3 is 5.32 Å². The Bertz CT molecular complexity index is 690. The molecule has 1 saturated carbocycles. The minimum absolute atomic E-state index is 0.379. The summed E-state index contributed by atoms with van der Waals surface area (Å²) in [5.41, 5.74) is -3.04. The van der Waals surface area contributed by atoms with Gasteiger partial charge in [0.05, 0.1) is 6.54 Å². The van der Waals surface area contributed by atoms with Gasteiger partial charge in [-0.25, -0.2) is 4.79 Å². The van der Waals surface area contributed by atoms with Crippen molar-refractivity contribution in [1.29, 1.82) is 0 Å². The van der Waals surface area contributed by atoms with Gasteiger partial charge in [-0.1, -0.05) is 6.07 Å². The molecule has 24 heavy (non-hydrogen) atoms. The van der Waals surface area contributed by atoms with E-state index < -0.39 is 35.6 Å². The fourth-order valence-corrected chi connectivity index (χ4v) is 2.37. The lowest BCUT2D eigenvalue weighted by molar-refractivity contribution is -0.204. The summed E-state index contributed by atoms with van der Waals surface area (Å²) < 4.78 is 40.5. The predicted molar refractivity (Wildman–Crippen MR) is 73.0 cm³/mol. The Labute approximate surface area is 134 Å². The van der Waals surface area contributed by atoms with Crippen LogP contribution in [0.5, 0.6) is 0 Å². The molecule has 1 aromatic heterocycles. The summed E-state index contributed by atoms with van der Waals surface area (Å²) in [5, 5.41) is 3.29. The van der Waals surface area contributed by atoms with E-state index in [-0.39, 0.29) is 6.54 Å². The van der Waals surface area contributed by atoms with Gasteiger partial charge in [-0.3, -0.25) is 24.8 Å². The third kappa shape index (κ3) is 2.68. The second-order valence-electron chi connectivity index (χ2n) is 5.69. The van der Waals surface area contributed by atoms with Gasteiger partial charge in [-0.2, -0.15) is 13.2 Å². The van der Waals surface area contributed by atoms with E-state index in [2.05, 4.69) is 4.98 Å². The second kappa shape index (κ2) is 5.46. The first-order chi connectivity index (χ1) is 11.2. The van der Waals surface area contributed by atoms with Crippen molar-refractivity contribution in [3.8, 4) is 0 Å². The summed E-state index contributed by atoms with van der Waals surface area (Å²) >= 11 is 0. The molecule has 0 unspecified atom stereocenters. The van der Waals surface area contributed by atoms with Crippen LogP contribution in [0, 0.1) is 5.92 Å². The van der Waals surface area contributed by atoms with Crippen LogP contribution in [0.1, 0.15) is 18.4 Å². The van der Waals surface area contributed by atoms with Crippen molar-refractivity contribution < 1.29 is 27.6 Å². The molecule has 1 aliphatic heterocycles. The van der Waals surface area contributed by atoms with Crippen LogP contribution in [0.2, 0.25) is 0 Å². The third-order valence-corrected chi connectivity index (χ3v) is 3.85. The normalized spacial score (nSPS) is 24.0. The second-order valence-corrected chi connectivity index (χ2v) is 5.69. The SMILES string of the molecule is O=C(N[C@@]1(C(F)(F)F)NC(=O)N(Cc2cccnc2)C1=O)C1CC1. The number of nitrogens with one attached hydrogen (secondary N) is 2. The number of imide groups is 1. The molecule has 0 spiro atoms. The number of aromatic nitrogens is 1. The van der Waals surface area contributed by atoms with E-state index in [1.54, 1.807) is 10.6 Å². The molecule has 2 aliphatic rings. The first kappa shape index (κ1) is 16.2. The zero-order valence-corrected chi connectivity index (χ0v) is 12.3. The van der Waals surface area contributed by atoms with Crippen molar-refractivity contribution in [2.24, 2.45) is 5.92 Å². The first-order valence-electron chi connectivity index (χ1n) is 7.16. The van der Waals surface area contributed by atoms with Crippen LogP contribution in [0.3, 0.4) is 0 Å². The van der Waals surface area contributed by atoms with Gasteiger partial charge in [0.2, 0.25) is 5.91 Å². The van der Waals surface area contributed by atoms with Crippen LogP contribution in [0.15, 0.2) is 24.5 Å². The fraction of sp³-hybridized carbons (Fsp3) is 0.429. The van der Waals surface area contributed by atoms with E-state index >= 15 is 0 Å². The van der Waals surface area contributed by atoms with E-state index in [1.807, 2.05) is 0 Å². The van der Waals surface area contributed by atoms with Gasteiger partial charge in [0.25, 0.3) is 11.6 Å². The molecule has 1 aromatic rings. The zero-order chi connectivity index (χ0) is 17.5. The molecule has 10 heteroatoms. The summed E-state index contributed by atoms with van der Waals surface area (Å²) in [7, 11) is 0. The number of pyridine rings is 1. The smallest absolute Gasteiger partial charge is 0.318 e. The van der Waals surface area contributed by atoms with Crippen LogP contribution >= 0.6 is 0 Å². The number of alkyl halides is 3. The Hall–Kier alpha value is -2.65. The van der Waals surface area contributed by atoms with Crippen LogP contribution in [-0.2, 0) is 16.1 Å². The molecular weight excluding hydrogens is 329 g/mol. The Morgan fingerprint density at radius 2 is 2.12 bits per heavy atom. The molecule has 1 aliphatic carbocycles. The highest BCUT2D eigenvalue weighted by Crippen LogP contribution is 2.36. The van der Waals surface area contributed by atoms with E-state index in [0.717, 1.165) is 0 Å². The molecule has 1 saturated heterocycles. The lowest BCUT2D eigenvalue weighted by Crippen LogP contribution is -2.69. The molecule has 4 amide bonds. The van der Waals surface area contributed by atoms with Gasteiger partial charge in [0.1, 0.15) is 0 Å². The van der Waals surface area contributed by atoms with Crippen molar-refractivity contribution in [3.63, 3.8) is 0 Å². The van der Waals surface area contributed by atoms with Gasteiger partial charge in [0, 0.05) is 18.3 Å². The number of halogens is 3. The highest BCUT2D eigenvalue weighted by Gasteiger charge is 2.69.